The monoisotopic (exact) mass is 370 g/mol. The quantitative estimate of drug-likeness (QED) is 0.654. The number of rotatable bonds is 6. The van der Waals surface area contributed by atoms with E-state index in [0.717, 1.165) is 22.3 Å². The maximum absolute atomic E-state index is 13.0. The summed E-state index contributed by atoms with van der Waals surface area (Å²) < 4.78 is 10.5. The van der Waals surface area contributed by atoms with Gasteiger partial charge in [-0.1, -0.05) is 13.8 Å². The standard InChI is InChI=1S/C20H22N2O3S/c1-11(2)9-13-6-7-14-17(21)19(26-20(14)22-13)18(23)12-5-8-15(24-3)16(10-12)25-4/h5-8,10-11H,9,21H2,1-4H3. The Morgan fingerprint density at radius 1 is 1.15 bits per heavy atom. The summed E-state index contributed by atoms with van der Waals surface area (Å²) in [6.45, 7) is 4.31. The second kappa shape index (κ2) is 7.33. The molecule has 26 heavy (non-hydrogen) atoms. The smallest absolute Gasteiger partial charge is 0.205 e. The number of anilines is 1. The van der Waals surface area contributed by atoms with Crippen molar-refractivity contribution in [3.63, 3.8) is 0 Å². The van der Waals surface area contributed by atoms with Crippen molar-refractivity contribution in [1.82, 2.24) is 4.98 Å². The number of benzene rings is 1. The van der Waals surface area contributed by atoms with E-state index in [-0.39, 0.29) is 5.78 Å². The second-order valence-electron chi connectivity index (χ2n) is 6.50. The Kier molecular flexibility index (Phi) is 5.13. The van der Waals surface area contributed by atoms with Gasteiger partial charge >= 0.3 is 0 Å². The maximum atomic E-state index is 13.0. The van der Waals surface area contributed by atoms with E-state index < -0.39 is 0 Å². The third-order valence-electron chi connectivity index (χ3n) is 4.12. The van der Waals surface area contributed by atoms with E-state index in [1.807, 2.05) is 12.1 Å². The van der Waals surface area contributed by atoms with Gasteiger partial charge in [-0.3, -0.25) is 4.79 Å². The summed E-state index contributed by atoms with van der Waals surface area (Å²) in [7, 11) is 3.10. The van der Waals surface area contributed by atoms with Crippen LogP contribution in [0.15, 0.2) is 30.3 Å². The van der Waals surface area contributed by atoms with Gasteiger partial charge in [0.05, 0.1) is 19.9 Å². The molecule has 1 aromatic carbocycles. The van der Waals surface area contributed by atoms with Crippen molar-refractivity contribution >= 4 is 33.0 Å². The molecule has 2 heterocycles. The summed E-state index contributed by atoms with van der Waals surface area (Å²) in [5.41, 5.74) is 8.24. The number of carbonyl (C=O) groups is 1. The van der Waals surface area contributed by atoms with Gasteiger partial charge in [0.2, 0.25) is 5.78 Å². The first-order chi connectivity index (χ1) is 12.4. The number of methoxy groups -OCH3 is 2. The van der Waals surface area contributed by atoms with Crippen LogP contribution in [-0.4, -0.2) is 25.0 Å². The number of hydrogen-bond acceptors (Lipinski definition) is 6. The zero-order valence-corrected chi connectivity index (χ0v) is 16.1. The van der Waals surface area contributed by atoms with E-state index in [1.54, 1.807) is 32.4 Å². The molecule has 0 aliphatic rings. The largest absolute Gasteiger partial charge is 0.493 e. The number of nitrogens with two attached hydrogens (primary N) is 1. The first-order valence-electron chi connectivity index (χ1n) is 8.39. The van der Waals surface area contributed by atoms with Crippen LogP contribution < -0.4 is 15.2 Å². The van der Waals surface area contributed by atoms with Gasteiger partial charge in [0.25, 0.3) is 0 Å². The van der Waals surface area contributed by atoms with Crippen molar-refractivity contribution in [3.8, 4) is 11.5 Å². The lowest BCUT2D eigenvalue weighted by atomic mass is 10.1. The lowest BCUT2D eigenvalue weighted by Gasteiger charge is -2.08. The summed E-state index contributed by atoms with van der Waals surface area (Å²) in [4.78, 5) is 18.9. The Bertz CT molecular complexity index is 963. The van der Waals surface area contributed by atoms with Gasteiger partial charge in [-0.15, -0.1) is 11.3 Å². The van der Waals surface area contributed by atoms with Gasteiger partial charge in [-0.05, 0) is 42.7 Å². The molecule has 2 N–H and O–H groups in total. The first-order valence-corrected chi connectivity index (χ1v) is 9.20. The van der Waals surface area contributed by atoms with Gasteiger partial charge in [-0.25, -0.2) is 4.98 Å². The van der Waals surface area contributed by atoms with Gasteiger partial charge in [0, 0.05) is 16.6 Å². The molecule has 0 saturated carbocycles. The van der Waals surface area contributed by atoms with Crippen LogP contribution in [0, 0.1) is 5.92 Å². The lowest BCUT2D eigenvalue weighted by Crippen LogP contribution is -2.03. The molecule has 0 aliphatic carbocycles. The second-order valence-corrected chi connectivity index (χ2v) is 7.50. The Morgan fingerprint density at radius 2 is 1.88 bits per heavy atom. The van der Waals surface area contributed by atoms with Crippen LogP contribution in [0.3, 0.4) is 0 Å². The van der Waals surface area contributed by atoms with Crippen molar-refractivity contribution in [2.45, 2.75) is 20.3 Å². The Hall–Kier alpha value is -2.60. The van der Waals surface area contributed by atoms with Crippen molar-refractivity contribution < 1.29 is 14.3 Å². The summed E-state index contributed by atoms with van der Waals surface area (Å²) in [5, 5.41) is 0.825. The number of carbonyl (C=O) groups excluding carboxylic acids is 1. The van der Waals surface area contributed by atoms with Crippen LogP contribution in [0.5, 0.6) is 11.5 Å². The van der Waals surface area contributed by atoms with E-state index in [1.165, 1.54) is 11.3 Å². The van der Waals surface area contributed by atoms with Crippen LogP contribution >= 0.6 is 11.3 Å². The molecule has 0 amide bonds. The van der Waals surface area contributed by atoms with Crippen molar-refractivity contribution in [2.75, 3.05) is 20.0 Å². The van der Waals surface area contributed by atoms with E-state index in [9.17, 15) is 4.79 Å². The van der Waals surface area contributed by atoms with Crippen molar-refractivity contribution in [2.24, 2.45) is 5.92 Å². The lowest BCUT2D eigenvalue weighted by molar-refractivity contribution is 0.104. The average Bonchev–Trinajstić information content (AvgIpc) is 2.96. The maximum Gasteiger partial charge on any atom is 0.205 e. The molecule has 0 atom stereocenters. The Morgan fingerprint density at radius 3 is 2.54 bits per heavy atom. The molecule has 0 aliphatic heterocycles. The van der Waals surface area contributed by atoms with Gasteiger partial charge in [-0.2, -0.15) is 0 Å². The summed E-state index contributed by atoms with van der Waals surface area (Å²) in [6.07, 6.45) is 0.896. The molecule has 136 valence electrons. The Labute approximate surface area is 156 Å². The molecule has 0 saturated heterocycles. The minimum Gasteiger partial charge on any atom is -0.493 e. The molecule has 5 nitrogen and oxygen atoms in total. The number of pyridine rings is 1. The molecular formula is C20H22N2O3S. The molecule has 0 spiro atoms. The van der Waals surface area contributed by atoms with E-state index in [0.29, 0.717) is 33.5 Å². The fourth-order valence-electron chi connectivity index (χ4n) is 2.84. The highest BCUT2D eigenvalue weighted by atomic mass is 32.1. The number of ether oxygens (including phenoxy) is 2. The van der Waals surface area contributed by atoms with Gasteiger partial charge in [0.15, 0.2) is 11.5 Å². The summed E-state index contributed by atoms with van der Waals surface area (Å²) >= 11 is 1.33. The number of nitrogens with zero attached hydrogens (tertiary/aromatic N) is 1. The molecule has 0 fully saturated rings. The normalized spacial score (nSPS) is 11.1. The molecule has 2 aromatic heterocycles. The van der Waals surface area contributed by atoms with Gasteiger partial charge < -0.3 is 15.2 Å². The van der Waals surface area contributed by atoms with E-state index in [2.05, 4.69) is 18.8 Å². The molecule has 3 aromatic rings. The predicted molar refractivity (Wildman–Crippen MR) is 106 cm³/mol. The van der Waals surface area contributed by atoms with Crippen LogP contribution in [0.2, 0.25) is 0 Å². The zero-order valence-electron chi connectivity index (χ0n) is 15.3. The number of hydrogen-bond donors (Lipinski definition) is 1. The number of fused-ring (bicyclic) bond motifs is 1. The predicted octanol–water partition coefficient (Wildman–Crippen LogP) is 4.33. The summed E-state index contributed by atoms with van der Waals surface area (Å²) in [5.74, 6) is 1.46. The SMILES string of the molecule is COc1ccc(C(=O)c2sc3nc(CC(C)C)ccc3c2N)cc1OC. The average molecular weight is 370 g/mol. The van der Waals surface area contributed by atoms with E-state index >= 15 is 0 Å². The highest BCUT2D eigenvalue weighted by Gasteiger charge is 2.20. The molecule has 0 bridgehead atoms. The fourth-order valence-corrected chi connectivity index (χ4v) is 3.92. The topological polar surface area (TPSA) is 74.4 Å². The fraction of sp³-hybridized carbons (Fsp3) is 0.300. The number of nitrogen functional groups attached to an aromatic ring is 1. The highest BCUT2D eigenvalue weighted by molar-refractivity contribution is 7.21. The Balaban J connectivity index is 2.01. The van der Waals surface area contributed by atoms with Crippen molar-refractivity contribution in [3.05, 3.63) is 46.5 Å². The number of ketones is 1. The molecular weight excluding hydrogens is 348 g/mol. The van der Waals surface area contributed by atoms with Crippen molar-refractivity contribution in [1.29, 1.82) is 0 Å². The third-order valence-corrected chi connectivity index (χ3v) is 5.23. The zero-order chi connectivity index (χ0) is 18.8. The van der Waals surface area contributed by atoms with E-state index in [4.69, 9.17) is 15.2 Å². The number of aromatic nitrogens is 1. The van der Waals surface area contributed by atoms with Crippen LogP contribution in [-0.2, 0) is 6.42 Å². The molecule has 6 heteroatoms. The first kappa shape index (κ1) is 18.2. The van der Waals surface area contributed by atoms with Gasteiger partial charge in [0.1, 0.15) is 9.71 Å². The summed E-state index contributed by atoms with van der Waals surface area (Å²) in [6, 6.07) is 9.04. The third kappa shape index (κ3) is 3.37. The van der Waals surface area contributed by atoms with Crippen LogP contribution in [0.25, 0.3) is 10.2 Å². The van der Waals surface area contributed by atoms with Crippen LogP contribution in [0.1, 0.15) is 34.8 Å². The minimum absolute atomic E-state index is 0.142. The number of thiophene rings is 1. The molecule has 0 unspecified atom stereocenters. The highest BCUT2D eigenvalue weighted by Crippen LogP contribution is 2.36. The van der Waals surface area contributed by atoms with Crippen LogP contribution in [0.4, 0.5) is 5.69 Å². The molecule has 0 radical (unpaired) electrons. The minimum atomic E-state index is -0.142. The molecule has 3 rings (SSSR count).